The molecule has 0 saturated carbocycles. The van der Waals surface area contributed by atoms with Gasteiger partial charge in [-0.15, -0.1) is 0 Å². The van der Waals surface area contributed by atoms with Gasteiger partial charge in [0, 0.05) is 6.08 Å². The van der Waals surface area contributed by atoms with E-state index in [1.807, 2.05) is 30.3 Å². The second-order valence-corrected chi connectivity index (χ2v) is 6.27. The van der Waals surface area contributed by atoms with Crippen molar-refractivity contribution in [1.82, 2.24) is 5.32 Å². The number of ether oxygens (including phenoxy) is 1. The number of nitrogens with one attached hydrogen (secondary N) is 1. The highest BCUT2D eigenvalue weighted by Gasteiger charge is 2.25. The normalized spacial score (nSPS) is 16.6. The number of hydrogen-bond acceptors (Lipinski definition) is 2. The van der Waals surface area contributed by atoms with E-state index in [9.17, 15) is 4.79 Å². The van der Waals surface area contributed by atoms with Crippen LogP contribution in [0.15, 0.2) is 84.6 Å². The summed E-state index contributed by atoms with van der Waals surface area (Å²) in [6.07, 6.45) is 2.30. The van der Waals surface area contributed by atoms with Gasteiger partial charge in [0.2, 0.25) is 5.91 Å². The third kappa shape index (κ3) is 3.56. The van der Waals surface area contributed by atoms with Crippen LogP contribution in [0, 0.1) is 0 Å². The van der Waals surface area contributed by atoms with Gasteiger partial charge in [-0.2, -0.15) is 0 Å². The van der Waals surface area contributed by atoms with Gasteiger partial charge in [0.25, 0.3) is 0 Å². The van der Waals surface area contributed by atoms with Crippen LogP contribution in [0.2, 0.25) is 0 Å². The Morgan fingerprint density at radius 1 is 0.840 bits per heavy atom. The van der Waals surface area contributed by atoms with Gasteiger partial charge in [-0.25, -0.2) is 0 Å². The number of hydrogen-bond donors (Lipinski definition) is 1. The summed E-state index contributed by atoms with van der Waals surface area (Å²) in [5, 5.41) is 5.37. The lowest BCUT2D eigenvalue weighted by atomic mass is 10.1. The quantitative estimate of drug-likeness (QED) is 0.769. The van der Waals surface area contributed by atoms with Gasteiger partial charge in [0.15, 0.2) is 0 Å². The van der Waals surface area contributed by atoms with Crippen LogP contribution in [0.3, 0.4) is 0 Å². The third-order valence-corrected chi connectivity index (χ3v) is 4.44. The lowest BCUT2D eigenvalue weighted by molar-refractivity contribution is -0.116. The lowest BCUT2D eigenvalue weighted by Crippen LogP contribution is -2.31. The van der Waals surface area contributed by atoms with Crippen molar-refractivity contribution in [3.05, 3.63) is 95.8 Å². The molecule has 3 aromatic carbocycles. The second kappa shape index (κ2) is 6.81. The zero-order valence-electron chi connectivity index (χ0n) is 13.8. The fourth-order valence-electron chi connectivity index (χ4n) is 3.15. The zero-order valence-corrected chi connectivity index (χ0v) is 13.8. The summed E-state index contributed by atoms with van der Waals surface area (Å²) in [4.78, 5) is 11.8. The third-order valence-electron chi connectivity index (χ3n) is 4.44. The van der Waals surface area contributed by atoms with Gasteiger partial charge < -0.3 is 10.1 Å². The number of fused-ring (bicyclic) bond motifs is 1. The van der Waals surface area contributed by atoms with Crippen molar-refractivity contribution in [2.24, 2.45) is 0 Å². The topological polar surface area (TPSA) is 38.3 Å². The Kier molecular flexibility index (Phi) is 4.21. The molecule has 0 spiro atoms. The molecule has 0 aliphatic carbocycles. The van der Waals surface area contributed by atoms with Crippen LogP contribution in [0.25, 0.3) is 10.8 Å². The summed E-state index contributed by atoms with van der Waals surface area (Å²) in [6, 6.07) is 24.6. The van der Waals surface area contributed by atoms with E-state index in [2.05, 4.69) is 47.8 Å². The smallest absolute Gasteiger partial charge is 0.248 e. The minimum Gasteiger partial charge on any atom is -0.491 e. The number of amides is 1. The van der Waals surface area contributed by atoms with Gasteiger partial charge in [-0.05, 0) is 34.4 Å². The molecule has 1 amide bonds. The highest BCUT2D eigenvalue weighted by atomic mass is 16.5. The summed E-state index contributed by atoms with van der Waals surface area (Å²) in [5.41, 5.74) is 2.27. The van der Waals surface area contributed by atoms with E-state index >= 15 is 0 Å². The van der Waals surface area contributed by atoms with Crippen molar-refractivity contribution in [3.63, 3.8) is 0 Å². The van der Waals surface area contributed by atoms with E-state index in [1.165, 1.54) is 16.3 Å². The average molecular weight is 329 g/mol. The highest BCUT2D eigenvalue weighted by Crippen LogP contribution is 2.20. The van der Waals surface area contributed by atoms with Crippen molar-refractivity contribution in [2.45, 2.75) is 19.1 Å². The summed E-state index contributed by atoms with van der Waals surface area (Å²) in [7, 11) is 0. The van der Waals surface area contributed by atoms with E-state index in [-0.39, 0.29) is 11.9 Å². The Morgan fingerprint density at radius 3 is 2.44 bits per heavy atom. The van der Waals surface area contributed by atoms with Crippen LogP contribution >= 0.6 is 0 Å². The largest absolute Gasteiger partial charge is 0.491 e. The molecule has 1 N–H and O–H groups in total. The summed E-state index contributed by atoms with van der Waals surface area (Å²) >= 11 is 0. The molecule has 3 nitrogen and oxygen atoms in total. The van der Waals surface area contributed by atoms with Crippen molar-refractivity contribution >= 4 is 16.7 Å². The number of carbonyl (C=O) groups is 1. The Morgan fingerprint density at radius 2 is 1.60 bits per heavy atom. The van der Waals surface area contributed by atoms with Crippen molar-refractivity contribution in [3.8, 4) is 0 Å². The molecule has 1 aliphatic heterocycles. The maximum Gasteiger partial charge on any atom is 0.248 e. The molecule has 0 radical (unpaired) electrons. The minimum atomic E-state index is -0.102. The molecule has 0 fully saturated rings. The van der Waals surface area contributed by atoms with E-state index in [0.717, 1.165) is 12.0 Å². The molecule has 3 heteroatoms. The molecule has 25 heavy (non-hydrogen) atoms. The van der Waals surface area contributed by atoms with Crippen molar-refractivity contribution < 1.29 is 9.53 Å². The monoisotopic (exact) mass is 329 g/mol. The number of carbonyl (C=O) groups excluding carboxylic acids is 1. The summed E-state index contributed by atoms with van der Waals surface area (Å²) < 4.78 is 5.97. The van der Waals surface area contributed by atoms with Gasteiger partial charge >= 0.3 is 0 Å². The first-order valence-corrected chi connectivity index (χ1v) is 8.44. The second-order valence-electron chi connectivity index (χ2n) is 6.27. The predicted octanol–water partition coefficient (Wildman–Crippen LogP) is 3.98. The fraction of sp³-hybridized carbons (Fsp3) is 0.136. The Bertz CT molecular complexity index is 931. The maximum absolute atomic E-state index is 11.8. The molecule has 0 unspecified atom stereocenters. The first kappa shape index (κ1) is 15.5. The maximum atomic E-state index is 11.8. The first-order chi connectivity index (χ1) is 12.3. The summed E-state index contributed by atoms with van der Waals surface area (Å²) in [5.74, 6) is 0.622. The van der Waals surface area contributed by atoms with Crippen molar-refractivity contribution in [1.29, 1.82) is 0 Å². The van der Waals surface area contributed by atoms with Crippen LogP contribution < -0.4 is 5.32 Å². The van der Waals surface area contributed by atoms with Gasteiger partial charge in [-0.3, -0.25) is 4.79 Å². The van der Waals surface area contributed by atoms with Crippen molar-refractivity contribution in [2.75, 3.05) is 0 Å². The van der Waals surface area contributed by atoms with Crippen LogP contribution in [-0.2, 0) is 22.6 Å². The molecule has 1 atom stereocenters. The molecule has 1 heterocycles. The minimum absolute atomic E-state index is 0.0885. The zero-order chi connectivity index (χ0) is 17.1. The average Bonchev–Trinajstić information content (AvgIpc) is 3.00. The van der Waals surface area contributed by atoms with Gasteiger partial charge in [-0.1, -0.05) is 66.7 Å². The van der Waals surface area contributed by atoms with Gasteiger partial charge in [0.1, 0.15) is 12.4 Å². The molecule has 4 rings (SSSR count). The molecule has 124 valence electrons. The van der Waals surface area contributed by atoms with E-state index < -0.39 is 0 Å². The van der Waals surface area contributed by atoms with E-state index in [0.29, 0.717) is 12.4 Å². The Hall–Kier alpha value is -3.07. The van der Waals surface area contributed by atoms with E-state index in [1.54, 1.807) is 6.08 Å². The molecule has 1 aliphatic rings. The van der Waals surface area contributed by atoms with Gasteiger partial charge in [0.05, 0.1) is 6.04 Å². The Balaban J connectivity index is 1.46. The Labute approximate surface area is 146 Å². The first-order valence-electron chi connectivity index (χ1n) is 8.44. The van der Waals surface area contributed by atoms with Crippen LogP contribution in [0.1, 0.15) is 11.1 Å². The molecule has 0 saturated heterocycles. The van der Waals surface area contributed by atoms with Crippen LogP contribution in [-0.4, -0.2) is 11.9 Å². The highest BCUT2D eigenvalue weighted by molar-refractivity contribution is 5.91. The number of benzene rings is 3. The van der Waals surface area contributed by atoms with E-state index in [4.69, 9.17) is 4.74 Å². The predicted molar refractivity (Wildman–Crippen MR) is 98.9 cm³/mol. The van der Waals surface area contributed by atoms with Crippen LogP contribution in [0.4, 0.5) is 0 Å². The molecule has 0 bridgehead atoms. The molecule has 0 aromatic heterocycles. The molecular formula is C22H19NO2. The summed E-state index contributed by atoms with van der Waals surface area (Å²) in [6.45, 7) is 0.455. The fourth-order valence-corrected chi connectivity index (χ4v) is 3.15. The SMILES string of the molecule is O=C1C=C(OCc2ccc3ccccc3c2)[C@H](Cc2ccccc2)N1. The standard InChI is InChI=1S/C22H19NO2/c24-22-14-21(20(23-22)13-16-6-2-1-3-7-16)25-15-17-10-11-18-8-4-5-9-19(18)12-17/h1-12,14,20H,13,15H2,(H,23,24)/t20-/m0/s1. The lowest BCUT2D eigenvalue weighted by Gasteiger charge is -2.16. The van der Waals surface area contributed by atoms with Crippen LogP contribution in [0.5, 0.6) is 0 Å². The number of rotatable bonds is 5. The molecular weight excluding hydrogens is 310 g/mol. The molecule has 3 aromatic rings.